The predicted molar refractivity (Wildman–Crippen MR) is 263 cm³/mol. The molecule has 2 heteroatoms. The Hall–Kier alpha value is -7.42. The van der Waals surface area contributed by atoms with Gasteiger partial charge in [0, 0.05) is 32.6 Å². The fraction of sp³-hybridized carbons (Fsp3) is 0.100. The van der Waals surface area contributed by atoms with Crippen LogP contribution in [0, 0.1) is 20.8 Å². The molecule has 0 unspecified atom stereocenters. The Bertz CT molecular complexity index is 3510. The van der Waals surface area contributed by atoms with Crippen molar-refractivity contribution in [1.82, 2.24) is 4.57 Å². The number of hydrogen-bond acceptors (Lipinski definition) is 1. The molecule has 0 N–H and O–H groups in total. The van der Waals surface area contributed by atoms with Crippen LogP contribution >= 0.6 is 0 Å². The average molecular weight is 798 g/mol. The van der Waals surface area contributed by atoms with Crippen molar-refractivity contribution in [3.8, 4) is 50.2 Å². The minimum atomic E-state index is -0.0134. The number of nitrogens with zero attached hydrogens (tertiary/aromatic N) is 1. The number of hydrogen-bond donors (Lipinski definition) is 0. The van der Waals surface area contributed by atoms with E-state index in [2.05, 4.69) is 215 Å². The van der Waals surface area contributed by atoms with E-state index >= 15 is 0 Å². The first kappa shape index (κ1) is 37.6. The van der Waals surface area contributed by atoms with Gasteiger partial charge in [-0.25, -0.2) is 0 Å². The summed E-state index contributed by atoms with van der Waals surface area (Å²) in [6.07, 6.45) is 0. The van der Waals surface area contributed by atoms with Gasteiger partial charge in [0.15, 0.2) is 0 Å². The number of rotatable bonds is 4. The fourth-order valence-corrected chi connectivity index (χ4v) is 10.0. The van der Waals surface area contributed by atoms with Gasteiger partial charge in [-0.05, 0) is 148 Å². The molecule has 0 fully saturated rings. The largest absolute Gasteiger partial charge is 0.456 e. The molecule has 298 valence electrons. The summed E-state index contributed by atoms with van der Waals surface area (Å²) in [5.41, 5.74) is 22.1. The van der Waals surface area contributed by atoms with Crippen LogP contribution in [0.4, 0.5) is 0 Å². The Morgan fingerprint density at radius 3 is 1.84 bits per heavy atom. The van der Waals surface area contributed by atoms with Crippen LogP contribution in [-0.4, -0.2) is 4.57 Å². The molecule has 11 aromatic rings. The van der Waals surface area contributed by atoms with E-state index in [9.17, 15) is 0 Å². The van der Waals surface area contributed by atoms with Crippen molar-refractivity contribution < 1.29 is 4.42 Å². The van der Waals surface area contributed by atoms with Crippen molar-refractivity contribution in [1.29, 1.82) is 0 Å². The number of aromatic nitrogens is 1. The van der Waals surface area contributed by atoms with Crippen molar-refractivity contribution in [3.63, 3.8) is 0 Å². The second kappa shape index (κ2) is 14.6. The Labute approximate surface area is 363 Å². The zero-order chi connectivity index (χ0) is 42.1. The van der Waals surface area contributed by atoms with Crippen LogP contribution in [0.3, 0.4) is 0 Å². The van der Waals surface area contributed by atoms with Gasteiger partial charge < -0.3 is 8.98 Å². The van der Waals surface area contributed by atoms with Gasteiger partial charge in [0.05, 0.1) is 11.0 Å². The van der Waals surface area contributed by atoms with Gasteiger partial charge >= 0.3 is 0 Å². The lowest BCUT2D eigenvalue weighted by Crippen LogP contribution is -2.15. The third kappa shape index (κ3) is 6.09. The maximum Gasteiger partial charge on any atom is 0.136 e. The van der Waals surface area contributed by atoms with E-state index in [0.29, 0.717) is 0 Å². The molecule has 2 nitrogen and oxygen atoms in total. The molecule has 0 spiro atoms. The zero-order valence-corrected chi connectivity index (χ0v) is 35.8. The van der Waals surface area contributed by atoms with Crippen LogP contribution in [0.15, 0.2) is 199 Å². The fourth-order valence-electron chi connectivity index (χ4n) is 10.0. The van der Waals surface area contributed by atoms with Gasteiger partial charge in [-0.1, -0.05) is 153 Å². The number of furan rings is 1. The van der Waals surface area contributed by atoms with Crippen LogP contribution < -0.4 is 0 Å². The smallest absolute Gasteiger partial charge is 0.136 e. The van der Waals surface area contributed by atoms with Crippen molar-refractivity contribution in [2.24, 2.45) is 0 Å². The van der Waals surface area contributed by atoms with Crippen molar-refractivity contribution in [3.05, 3.63) is 222 Å². The number of benzene rings is 9. The molecule has 1 aliphatic rings. The third-order valence-electron chi connectivity index (χ3n) is 13.2. The summed E-state index contributed by atoms with van der Waals surface area (Å²) < 4.78 is 8.91. The summed E-state index contributed by atoms with van der Waals surface area (Å²) in [5.74, 6) is 0. The highest BCUT2D eigenvalue weighted by Crippen LogP contribution is 2.51. The van der Waals surface area contributed by atoms with E-state index < -0.39 is 0 Å². The van der Waals surface area contributed by atoms with Crippen molar-refractivity contribution in [2.45, 2.75) is 40.0 Å². The van der Waals surface area contributed by atoms with Gasteiger partial charge in [0.1, 0.15) is 11.2 Å². The number of para-hydroxylation sites is 2. The lowest BCUT2D eigenvalue weighted by Gasteiger charge is -2.22. The normalized spacial score (nSPS) is 12.7. The molecule has 62 heavy (non-hydrogen) atoms. The molecule has 2 aromatic heterocycles. The van der Waals surface area contributed by atoms with E-state index in [1.165, 1.54) is 94.1 Å². The van der Waals surface area contributed by atoms with Crippen LogP contribution in [0.1, 0.15) is 41.7 Å². The van der Waals surface area contributed by atoms with E-state index in [0.717, 1.165) is 27.6 Å². The molecule has 2 heterocycles. The number of fused-ring (bicyclic) bond motifs is 9. The molecule has 0 saturated carbocycles. The minimum absolute atomic E-state index is 0.0134. The SMILES string of the molecule is Cc1ccc(-c2ccc3oc4cccc(-c5ccc6c(c5)c5ccccc5n6-c5ccccc5)c4c3c2)cc1-c1cc2c(cc1C)C(C)(C)c1ccccc1-2.Cc1ccccc1. The van der Waals surface area contributed by atoms with Gasteiger partial charge in [0.2, 0.25) is 0 Å². The van der Waals surface area contributed by atoms with Gasteiger partial charge in [-0.2, -0.15) is 0 Å². The molecule has 0 radical (unpaired) electrons. The molecule has 9 aromatic carbocycles. The van der Waals surface area contributed by atoms with E-state index in [-0.39, 0.29) is 5.41 Å². The van der Waals surface area contributed by atoms with Crippen molar-refractivity contribution in [2.75, 3.05) is 0 Å². The molecule has 0 saturated heterocycles. The zero-order valence-electron chi connectivity index (χ0n) is 35.8. The van der Waals surface area contributed by atoms with Crippen LogP contribution in [0.5, 0.6) is 0 Å². The van der Waals surface area contributed by atoms with Crippen LogP contribution in [0.25, 0.3) is 93.9 Å². The summed E-state index contributed by atoms with van der Waals surface area (Å²) in [6.45, 7) is 11.3. The molecule has 0 amide bonds. The molecular weight excluding hydrogens is 751 g/mol. The van der Waals surface area contributed by atoms with Gasteiger partial charge in [-0.3, -0.25) is 0 Å². The quantitative estimate of drug-likeness (QED) is 0.173. The third-order valence-corrected chi connectivity index (χ3v) is 13.2. The van der Waals surface area contributed by atoms with Crippen LogP contribution in [-0.2, 0) is 5.41 Å². The molecular formula is C60H47NO. The highest BCUT2D eigenvalue weighted by atomic mass is 16.3. The van der Waals surface area contributed by atoms with Crippen LogP contribution in [0.2, 0.25) is 0 Å². The van der Waals surface area contributed by atoms with E-state index in [1.807, 2.05) is 18.2 Å². The van der Waals surface area contributed by atoms with Gasteiger partial charge in [0.25, 0.3) is 0 Å². The lowest BCUT2D eigenvalue weighted by atomic mass is 9.81. The average Bonchev–Trinajstić information content (AvgIpc) is 3.92. The van der Waals surface area contributed by atoms with E-state index in [1.54, 1.807) is 0 Å². The molecule has 0 atom stereocenters. The van der Waals surface area contributed by atoms with E-state index in [4.69, 9.17) is 4.42 Å². The summed E-state index contributed by atoms with van der Waals surface area (Å²) >= 11 is 0. The second-order valence-electron chi connectivity index (χ2n) is 17.5. The standard InChI is InChI=1S/C53H39NO.C7H8/c1-32-21-22-34(28-41(32)42-31-43-39-15-8-10-18-46(39)53(3,4)47(43)27-33(42)2)35-24-26-50-45(29-35)52-38(17-12-20-51(52)55-50)36-23-25-49-44(30-36)40-16-9-11-19-48(40)54(49)37-13-6-5-7-14-37;1-7-5-3-2-4-6-7/h5-31H,1-4H3;2-6H,1H3. The highest BCUT2D eigenvalue weighted by Gasteiger charge is 2.35. The molecule has 12 rings (SSSR count). The Morgan fingerprint density at radius 2 is 1.03 bits per heavy atom. The topological polar surface area (TPSA) is 18.1 Å². The summed E-state index contributed by atoms with van der Waals surface area (Å²) in [7, 11) is 0. The summed E-state index contributed by atoms with van der Waals surface area (Å²) in [6, 6.07) is 70.4. The van der Waals surface area contributed by atoms with Gasteiger partial charge in [-0.15, -0.1) is 0 Å². The predicted octanol–water partition coefficient (Wildman–Crippen LogP) is 16.6. The first-order chi connectivity index (χ1) is 30.2. The first-order valence-electron chi connectivity index (χ1n) is 21.7. The summed E-state index contributed by atoms with van der Waals surface area (Å²) in [5, 5.41) is 4.76. The minimum Gasteiger partial charge on any atom is -0.456 e. The molecule has 0 bridgehead atoms. The second-order valence-corrected chi connectivity index (χ2v) is 17.5. The Morgan fingerprint density at radius 1 is 0.387 bits per heavy atom. The van der Waals surface area contributed by atoms with Crippen molar-refractivity contribution >= 4 is 43.7 Å². The molecule has 0 aliphatic heterocycles. The first-order valence-corrected chi connectivity index (χ1v) is 21.7. The summed E-state index contributed by atoms with van der Waals surface area (Å²) in [4.78, 5) is 0. The maximum atomic E-state index is 6.54. The maximum absolute atomic E-state index is 6.54. The number of aryl methyl sites for hydroxylation is 3. The monoisotopic (exact) mass is 797 g/mol. The lowest BCUT2D eigenvalue weighted by molar-refractivity contribution is 0.660. The highest BCUT2D eigenvalue weighted by molar-refractivity contribution is 6.15. The molecule has 1 aliphatic carbocycles. The Balaban J connectivity index is 0.000000565. The Kier molecular flexibility index (Phi) is 8.87.